The number of aromatic nitrogens is 3. The van der Waals surface area contributed by atoms with E-state index in [2.05, 4.69) is 30.9 Å². The first-order chi connectivity index (χ1) is 8.70. The van der Waals surface area contributed by atoms with Crippen LogP contribution in [0.5, 0.6) is 0 Å². The van der Waals surface area contributed by atoms with Gasteiger partial charge in [0.05, 0.1) is 29.5 Å². The van der Waals surface area contributed by atoms with Gasteiger partial charge in [0.25, 0.3) is 0 Å². The number of hydrogen-bond acceptors (Lipinski definition) is 4. The molecule has 1 saturated heterocycles. The van der Waals surface area contributed by atoms with Crippen LogP contribution in [-0.2, 0) is 6.54 Å². The van der Waals surface area contributed by atoms with Crippen molar-refractivity contribution in [3.05, 3.63) is 34.7 Å². The topological polar surface area (TPSA) is 47.1 Å². The molecule has 0 aliphatic carbocycles. The predicted molar refractivity (Wildman–Crippen MR) is 70.1 cm³/mol. The molecule has 0 spiro atoms. The van der Waals surface area contributed by atoms with Gasteiger partial charge in [-0.05, 0) is 29.3 Å². The Labute approximate surface area is 114 Å². The number of oxazole rings is 1. The molecule has 5 nitrogen and oxygen atoms in total. The fraction of sp³-hybridized carbons (Fsp3) is 0.500. The van der Waals surface area contributed by atoms with Crippen molar-refractivity contribution in [2.75, 3.05) is 13.1 Å². The Kier molecular flexibility index (Phi) is 3.22. The maximum absolute atomic E-state index is 5.51. The minimum absolute atomic E-state index is 0.451. The summed E-state index contributed by atoms with van der Waals surface area (Å²) in [5, 5.41) is 4.35. The van der Waals surface area contributed by atoms with Gasteiger partial charge in [-0.1, -0.05) is 0 Å². The van der Waals surface area contributed by atoms with Crippen LogP contribution < -0.4 is 0 Å². The van der Waals surface area contributed by atoms with Gasteiger partial charge in [0, 0.05) is 19.3 Å². The first-order valence-corrected chi connectivity index (χ1v) is 6.83. The van der Waals surface area contributed by atoms with Crippen molar-refractivity contribution in [2.45, 2.75) is 25.9 Å². The van der Waals surface area contributed by atoms with Crippen molar-refractivity contribution in [3.8, 4) is 0 Å². The average Bonchev–Trinajstić information content (AvgIpc) is 3.01. The second kappa shape index (κ2) is 4.85. The zero-order valence-electron chi connectivity index (χ0n) is 10.2. The van der Waals surface area contributed by atoms with Crippen LogP contribution in [0.3, 0.4) is 0 Å². The van der Waals surface area contributed by atoms with Gasteiger partial charge in [-0.15, -0.1) is 0 Å². The second-order valence-corrected chi connectivity index (χ2v) is 5.60. The average molecular weight is 311 g/mol. The maximum atomic E-state index is 5.51. The number of likely N-dealkylation sites (tertiary alicyclic amines) is 1. The van der Waals surface area contributed by atoms with Crippen molar-refractivity contribution in [3.63, 3.8) is 0 Å². The van der Waals surface area contributed by atoms with Crippen LogP contribution in [-0.4, -0.2) is 32.8 Å². The lowest BCUT2D eigenvalue weighted by Gasteiger charge is -2.13. The summed E-state index contributed by atoms with van der Waals surface area (Å²) in [5.41, 5.74) is 0. The van der Waals surface area contributed by atoms with Crippen LogP contribution in [0.4, 0.5) is 0 Å². The number of rotatable bonds is 3. The van der Waals surface area contributed by atoms with Crippen molar-refractivity contribution in [1.82, 2.24) is 19.7 Å². The first-order valence-electron chi connectivity index (χ1n) is 6.04. The van der Waals surface area contributed by atoms with Gasteiger partial charge >= 0.3 is 0 Å². The fourth-order valence-electron chi connectivity index (χ4n) is 2.35. The Morgan fingerprint density at radius 1 is 1.50 bits per heavy atom. The third kappa shape index (κ3) is 2.49. The summed E-state index contributed by atoms with van der Waals surface area (Å²) in [6.45, 7) is 4.76. The van der Waals surface area contributed by atoms with E-state index in [0.717, 1.165) is 42.2 Å². The summed E-state index contributed by atoms with van der Waals surface area (Å²) in [6, 6.07) is 0.451. The van der Waals surface area contributed by atoms with Crippen LogP contribution >= 0.6 is 15.9 Å². The smallest absolute Gasteiger partial charge is 0.208 e. The third-order valence-corrected chi connectivity index (χ3v) is 3.63. The van der Waals surface area contributed by atoms with Crippen molar-refractivity contribution < 1.29 is 4.42 Å². The highest BCUT2D eigenvalue weighted by Crippen LogP contribution is 2.23. The van der Waals surface area contributed by atoms with Crippen molar-refractivity contribution in [1.29, 1.82) is 0 Å². The van der Waals surface area contributed by atoms with E-state index in [1.165, 1.54) is 0 Å². The fourth-order valence-corrected chi connectivity index (χ4v) is 2.65. The molecule has 1 fully saturated rings. The molecule has 1 unspecified atom stereocenters. The number of aryl methyl sites for hydroxylation is 1. The summed E-state index contributed by atoms with van der Waals surface area (Å²) in [5.74, 6) is 1.67. The zero-order chi connectivity index (χ0) is 12.5. The maximum Gasteiger partial charge on any atom is 0.208 e. The molecule has 18 heavy (non-hydrogen) atoms. The van der Waals surface area contributed by atoms with Crippen LogP contribution in [0, 0.1) is 6.92 Å². The van der Waals surface area contributed by atoms with Crippen molar-refractivity contribution in [2.24, 2.45) is 0 Å². The highest BCUT2D eigenvalue weighted by atomic mass is 79.9. The first kappa shape index (κ1) is 11.9. The van der Waals surface area contributed by atoms with Crippen LogP contribution in [0.25, 0.3) is 0 Å². The molecule has 2 aromatic heterocycles. The van der Waals surface area contributed by atoms with E-state index in [0.29, 0.717) is 6.04 Å². The Morgan fingerprint density at radius 2 is 2.39 bits per heavy atom. The summed E-state index contributed by atoms with van der Waals surface area (Å²) >= 11 is 3.43. The summed E-state index contributed by atoms with van der Waals surface area (Å²) < 4.78 is 8.57. The molecule has 0 aromatic carbocycles. The van der Waals surface area contributed by atoms with Gasteiger partial charge < -0.3 is 4.42 Å². The Bertz CT molecular complexity index is 536. The van der Waals surface area contributed by atoms with Crippen LogP contribution in [0.2, 0.25) is 0 Å². The molecule has 0 N–H and O–H groups in total. The third-order valence-electron chi connectivity index (χ3n) is 3.22. The summed E-state index contributed by atoms with van der Waals surface area (Å²) in [7, 11) is 0. The molecule has 3 rings (SSSR count). The Morgan fingerprint density at radius 3 is 3.06 bits per heavy atom. The van der Waals surface area contributed by atoms with Gasteiger partial charge in [0.1, 0.15) is 5.76 Å². The molecule has 1 aliphatic heterocycles. The molecule has 0 amide bonds. The SMILES string of the molecule is Cc1cnc(CN2CCC(n3cc(Br)cn3)C2)o1. The van der Waals surface area contributed by atoms with Crippen LogP contribution in [0.15, 0.2) is 27.5 Å². The lowest BCUT2D eigenvalue weighted by atomic mass is 10.3. The summed E-state index contributed by atoms with van der Waals surface area (Å²) in [4.78, 5) is 6.60. The summed E-state index contributed by atoms with van der Waals surface area (Å²) in [6.07, 6.45) is 6.75. The number of halogens is 1. The molecule has 0 radical (unpaired) electrons. The highest BCUT2D eigenvalue weighted by Gasteiger charge is 2.25. The normalized spacial score (nSPS) is 20.7. The Balaban J connectivity index is 1.61. The lowest BCUT2D eigenvalue weighted by Crippen LogP contribution is -2.21. The van der Waals surface area contributed by atoms with E-state index < -0.39 is 0 Å². The van der Waals surface area contributed by atoms with Gasteiger partial charge in [-0.25, -0.2) is 4.98 Å². The molecule has 0 saturated carbocycles. The van der Waals surface area contributed by atoms with E-state index in [1.54, 1.807) is 6.20 Å². The molecule has 3 heterocycles. The van der Waals surface area contributed by atoms with E-state index >= 15 is 0 Å². The molecular weight excluding hydrogens is 296 g/mol. The highest BCUT2D eigenvalue weighted by molar-refractivity contribution is 9.10. The van der Waals surface area contributed by atoms with E-state index in [9.17, 15) is 0 Å². The standard InChI is InChI=1S/C12H15BrN4O/c1-9-4-14-12(18-9)8-16-3-2-11(7-16)17-6-10(13)5-15-17/h4-6,11H,2-3,7-8H2,1H3. The minimum atomic E-state index is 0.451. The van der Waals surface area contributed by atoms with Gasteiger partial charge in [0.15, 0.2) is 0 Å². The molecule has 1 aliphatic rings. The van der Waals surface area contributed by atoms with Crippen molar-refractivity contribution >= 4 is 15.9 Å². The van der Waals surface area contributed by atoms with E-state index in [1.807, 2.05) is 24.0 Å². The molecule has 96 valence electrons. The number of nitrogens with zero attached hydrogens (tertiary/aromatic N) is 4. The largest absolute Gasteiger partial charge is 0.445 e. The quantitative estimate of drug-likeness (QED) is 0.873. The molecular formula is C12H15BrN4O. The second-order valence-electron chi connectivity index (χ2n) is 4.68. The van der Waals surface area contributed by atoms with Gasteiger partial charge in [-0.3, -0.25) is 9.58 Å². The van der Waals surface area contributed by atoms with Gasteiger partial charge in [-0.2, -0.15) is 5.10 Å². The molecule has 0 bridgehead atoms. The lowest BCUT2D eigenvalue weighted by molar-refractivity contribution is 0.275. The monoisotopic (exact) mass is 310 g/mol. The molecule has 1 atom stereocenters. The van der Waals surface area contributed by atoms with E-state index in [4.69, 9.17) is 4.42 Å². The zero-order valence-corrected chi connectivity index (χ0v) is 11.8. The van der Waals surface area contributed by atoms with Gasteiger partial charge in [0.2, 0.25) is 5.89 Å². The molecule has 6 heteroatoms. The minimum Gasteiger partial charge on any atom is -0.445 e. The van der Waals surface area contributed by atoms with E-state index in [-0.39, 0.29) is 0 Å². The van der Waals surface area contributed by atoms with Crippen LogP contribution in [0.1, 0.15) is 24.1 Å². The number of hydrogen-bond donors (Lipinski definition) is 0. The predicted octanol–water partition coefficient (Wildman–Crippen LogP) is 2.39. The molecule has 2 aromatic rings. The Hall–Kier alpha value is -1.14.